The van der Waals surface area contributed by atoms with Crippen molar-refractivity contribution < 1.29 is 13.2 Å². The van der Waals surface area contributed by atoms with Crippen molar-refractivity contribution in [3.63, 3.8) is 0 Å². The van der Waals surface area contributed by atoms with E-state index < -0.39 is 9.84 Å². The fourth-order valence-corrected chi connectivity index (χ4v) is 3.23. The number of nitrogens with one attached hydrogen (secondary N) is 1. The summed E-state index contributed by atoms with van der Waals surface area (Å²) < 4.78 is 26.0. The Hall–Kier alpha value is -2.15. The van der Waals surface area contributed by atoms with Gasteiger partial charge >= 0.3 is 0 Å². The van der Waals surface area contributed by atoms with Crippen LogP contribution in [0.25, 0.3) is 0 Å². The number of hydrogen-bond acceptors (Lipinski definition) is 4. The van der Waals surface area contributed by atoms with E-state index >= 15 is 0 Å². The topological polar surface area (TPSA) is 81.1 Å². The minimum atomic E-state index is -3.44. The van der Waals surface area contributed by atoms with E-state index in [1.807, 2.05) is 11.5 Å². The number of amides is 1. The van der Waals surface area contributed by atoms with Gasteiger partial charge in [-0.15, -0.1) is 0 Å². The predicted molar refractivity (Wildman–Crippen MR) is 83.3 cm³/mol. The molecule has 0 fully saturated rings. The zero-order valence-electron chi connectivity index (χ0n) is 12.6. The van der Waals surface area contributed by atoms with Crippen LogP contribution in [0.3, 0.4) is 0 Å². The van der Waals surface area contributed by atoms with Crippen LogP contribution in [-0.2, 0) is 16.4 Å². The monoisotopic (exact) mass is 321 g/mol. The Balaban J connectivity index is 2.16. The predicted octanol–water partition coefficient (Wildman–Crippen LogP) is 1.50. The summed E-state index contributed by atoms with van der Waals surface area (Å²) in [6.45, 7) is 3.98. The summed E-state index contributed by atoms with van der Waals surface area (Å²) in [5, 5.41) is 2.82. The molecule has 1 N–H and O–H groups in total. The molecule has 0 saturated heterocycles. The van der Waals surface area contributed by atoms with Gasteiger partial charge < -0.3 is 9.88 Å². The highest BCUT2D eigenvalue weighted by atomic mass is 32.2. The van der Waals surface area contributed by atoms with Gasteiger partial charge in [-0.3, -0.25) is 4.79 Å². The lowest BCUT2D eigenvalue weighted by molar-refractivity contribution is 0.0933. The lowest BCUT2D eigenvalue weighted by Gasteiger charge is -2.16. The van der Waals surface area contributed by atoms with Crippen LogP contribution in [0, 0.1) is 0 Å². The van der Waals surface area contributed by atoms with Gasteiger partial charge in [-0.1, -0.05) is 19.1 Å². The molecule has 6 nitrogen and oxygen atoms in total. The van der Waals surface area contributed by atoms with Gasteiger partial charge in [-0.25, -0.2) is 13.4 Å². The lowest BCUT2D eigenvalue weighted by atomic mass is 10.2. The maximum absolute atomic E-state index is 12.4. The Morgan fingerprint density at radius 1 is 1.36 bits per heavy atom. The highest BCUT2D eigenvalue weighted by molar-refractivity contribution is 7.91. The van der Waals surface area contributed by atoms with E-state index in [9.17, 15) is 13.2 Å². The molecule has 2 rings (SSSR count). The Morgan fingerprint density at radius 3 is 2.73 bits per heavy atom. The molecule has 0 aliphatic carbocycles. The molecule has 0 unspecified atom stereocenters. The number of carbonyl (C=O) groups is 1. The fraction of sp³-hybridized carbons (Fsp3) is 0.333. The second-order valence-electron chi connectivity index (χ2n) is 5.03. The van der Waals surface area contributed by atoms with Crippen molar-refractivity contribution in [3.8, 4) is 0 Å². The molecule has 0 saturated carbocycles. The first kappa shape index (κ1) is 16.2. The quantitative estimate of drug-likeness (QED) is 0.874. The molecule has 1 heterocycles. The minimum absolute atomic E-state index is 0.0398. The molecule has 0 aliphatic rings. The van der Waals surface area contributed by atoms with Crippen LogP contribution < -0.4 is 5.32 Å². The van der Waals surface area contributed by atoms with E-state index in [-0.39, 0.29) is 28.2 Å². The van der Waals surface area contributed by atoms with Crippen LogP contribution in [0.5, 0.6) is 0 Å². The molecule has 1 atom stereocenters. The van der Waals surface area contributed by atoms with Gasteiger partial charge in [-0.2, -0.15) is 0 Å². The van der Waals surface area contributed by atoms with Crippen LogP contribution in [-0.4, -0.2) is 35.7 Å². The molecule has 118 valence electrons. The van der Waals surface area contributed by atoms with Crippen LogP contribution in [0.15, 0.2) is 47.9 Å². The molecule has 0 bridgehead atoms. The first-order valence-corrected chi connectivity index (χ1v) is 8.67. The minimum Gasteiger partial charge on any atom is -0.348 e. The van der Waals surface area contributed by atoms with E-state index in [4.69, 9.17) is 0 Å². The maximum atomic E-state index is 12.4. The zero-order valence-corrected chi connectivity index (χ0v) is 13.4. The Bertz CT molecular complexity index is 739. The van der Waals surface area contributed by atoms with Crippen LogP contribution in [0.2, 0.25) is 0 Å². The van der Waals surface area contributed by atoms with Crippen molar-refractivity contribution in [2.75, 3.05) is 5.75 Å². The average molecular weight is 321 g/mol. The third-order valence-electron chi connectivity index (χ3n) is 3.27. The average Bonchev–Trinajstić information content (AvgIpc) is 3.00. The van der Waals surface area contributed by atoms with E-state index in [2.05, 4.69) is 10.3 Å². The van der Waals surface area contributed by atoms with E-state index in [0.717, 1.165) is 0 Å². The van der Waals surface area contributed by atoms with Crippen molar-refractivity contribution in [2.45, 2.75) is 31.3 Å². The van der Waals surface area contributed by atoms with Crippen molar-refractivity contribution in [1.29, 1.82) is 0 Å². The third kappa shape index (κ3) is 3.73. The summed E-state index contributed by atoms with van der Waals surface area (Å²) in [5.41, 5.74) is 0.182. The number of benzene rings is 1. The standard InChI is InChI=1S/C15H19N3O3S/c1-3-22(20,21)14-7-5-4-6-13(14)15(19)17-12(2)10-18-9-8-16-11-18/h4-9,11-12H,3,10H2,1-2H3,(H,17,19)/t12-/m1/s1. The molecule has 7 heteroatoms. The lowest BCUT2D eigenvalue weighted by Crippen LogP contribution is -2.36. The molecule has 1 amide bonds. The number of aromatic nitrogens is 2. The van der Waals surface area contributed by atoms with Gasteiger partial charge in [0.15, 0.2) is 9.84 Å². The van der Waals surface area contributed by atoms with Crippen LogP contribution in [0.1, 0.15) is 24.2 Å². The van der Waals surface area contributed by atoms with Gasteiger partial charge in [0.2, 0.25) is 0 Å². The molecular weight excluding hydrogens is 302 g/mol. The fourth-order valence-electron chi connectivity index (χ4n) is 2.14. The van der Waals surface area contributed by atoms with Crippen LogP contribution >= 0.6 is 0 Å². The first-order valence-electron chi connectivity index (χ1n) is 7.02. The summed E-state index contributed by atoms with van der Waals surface area (Å²) in [5.74, 6) is -0.428. The molecule has 2 aromatic rings. The van der Waals surface area contributed by atoms with Gasteiger partial charge in [0.05, 0.1) is 22.5 Å². The summed E-state index contributed by atoms with van der Waals surface area (Å²) >= 11 is 0. The number of sulfone groups is 1. The number of carbonyl (C=O) groups excluding carboxylic acids is 1. The second-order valence-corrected chi connectivity index (χ2v) is 7.28. The van der Waals surface area contributed by atoms with Gasteiger partial charge in [0.25, 0.3) is 5.91 Å². The van der Waals surface area contributed by atoms with Crippen molar-refractivity contribution in [2.24, 2.45) is 0 Å². The Labute approximate surface area is 130 Å². The third-order valence-corrected chi connectivity index (χ3v) is 5.05. The zero-order chi connectivity index (χ0) is 16.2. The van der Waals surface area contributed by atoms with Crippen LogP contribution in [0.4, 0.5) is 0 Å². The highest BCUT2D eigenvalue weighted by Crippen LogP contribution is 2.17. The van der Waals surface area contributed by atoms with E-state index in [0.29, 0.717) is 6.54 Å². The van der Waals surface area contributed by atoms with Crippen molar-refractivity contribution in [1.82, 2.24) is 14.9 Å². The molecule has 1 aromatic carbocycles. The Kier molecular flexibility index (Phi) is 4.97. The molecule has 1 aromatic heterocycles. The summed E-state index contributed by atoms with van der Waals surface area (Å²) in [6.07, 6.45) is 5.13. The number of hydrogen-bond donors (Lipinski definition) is 1. The summed E-state index contributed by atoms with van der Waals surface area (Å²) in [7, 11) is -3.44. The number of nitrogens with zero attached hydrogens (tertiary/aromatic N) is 2. The molecule has 0 aliphatic heterocycles. The summed E-state index contributed by atoms with van der Waals surface area (Å²) in [4.78, 5) is 16.4. The number of imidazole rings is 1. The first-order chi connectivity index (χ1) is 10.4. The summed E-state index contributed by atoms with van der Waals surface area (Å²) in [6, 6.07) is 6.12. The SMILES string of the molecule is CCS(=O)(=O)c1ccccc1C(=O)N[C@H](C)Cn1ccnc1. The Morgan fingerprint density at radius 2 is 2.09 bits per heavy atom. The van der Waals surface area contributed by atoms with Gasteiger partial charge in [-0.05, 0) is 19.1 Å². The van der Waals surface area contributed by atoms with Crippen molar-refractivity contribution in [3.05, 3.63) is 48.5 Å². The highest BCUT2D eigenvalue weighted by Gasteiger charge is 2.21. The normalized spacial score (nSPS) is 12.8. The molecular formula is C15H19N3O3S. The molecule has 0 radical (unpaired) electrons. The largest absolute Gasteiger partial charge is 0.348 e. The van der Waals surface area contributed by atoms with Gasteiger partial charge in [0, 0.05) is 25.0 Å². The second kappa shape index (κ2) is 6.74. The van der Waals surface area contributed by atoms with E-state index in [1.165, 1.54) is 12.1 Å². The molecule has 0 spiro atoms. The van der Waals surface area contributed by atoms with Gasteiger partial charge in [0.1, 0.15) is 0 Å². The number of rotatable bonds is 6. The van der Waals surface area contributed by atoms with E-state index in [1.54, 1.807) is 37.8 Å². The maximum Gasteiger partial charge on any atom is 0.252 e. The smallest absolute Gasteiger partial charge is 0.252 e. The van der Waals surface area contributed by atoms with Crippen molar-refractivity contribution >= 4 is 15.7 Å². The molecule has 22 heavy (non-hydrogen) atoms.